The minimum Gasteiger partial charge on any atom is -0.335 e. The summed E-state index contributed by atoms with van der Waals surface area (Å²) in [6.45, 7) is 11.0. The summed E-state index contributed by atoms with van der Waals surface area (Å²) in [6, 6.07) is 10.2. The summed E-state index contributed by atoms with van der Waals surface area (Å²) in [6.07, 6.45) is 1.80. The van der Waals surface area contributed by atoms with E-state index in [9.17, 15) is 4.79 Å². The third-order valence-corrected chi connectivity index (χ3v) is 4.63. The molecule has 0 bridgehead atoms. The fourth-order valence-corrected chi connectivity index (χ4v) is 3.24. The number of hydrogen-bond acceptors (Lipinski definition) is 4. The van der Waals surface area contributed by atoms with Crippen LogP contribution in [0.2, 0.25) is 0 Å². The van der Waals surface area contributed by atoms with Gasteiger partial charge in [0.25, 0.3) is 0 Å². The van der Waals surface area contributed by atoms with Gasteiger partial charge in [-0.2, -0.15) is 0 Å². The first-order valence-corrected chi connectivity index (χ1v) is 8.98. The summed E-state index contributed by atoms with van der Waals surface area (Å²) in [4.78, 5) is 14.6. The SMILES string of the molecule is C=CCn1c(C)nnc1SCC(=O)N(Cc1ccccc1)C(C)C. The highest BCUT2D eigenvalue weighted by Crippen LogP contribution is 2.19. The second-order valence-electron chi connectivity index (χ2n) is 5.82. The van der Waals surface area contributed by atoms with Crippen LogP contribution in [0.3, 0.4) is 0 Å². The zero-order valence-corrected chi connectivity index (χ0v) is 15.3. The molecule has 1 amide bonds. The maximum Gasteiger partial charge on any atom is 0.233 e. The van der Waals surface area contributed by atoms with E-state index in [0.717, 1.165) is 16.5 Å². The Morgan fingerprint density at radius 2 is 2.04 bits per heavy atom. The molecule has 6 heteroatoms. The normalized spacial score (nSPS) is 10.8. The first kappa shape index (κ1) is 18.3. The number of hydrogen-bond donors (Lipinski definition) is 0. The smallest absolute Gasteiger partial charge is 0.233 e. The van der Waals surface area contributed by atoms with Gasteiger partial charge >= 0.3 is 0 Å². The van der Waals surface area contributed by atoms with Crippen molar-refractivity contribution in [3.05, 3.63) is 54.4 Å². The van der Waals surface area contributed by atoms with Crippen LogP contribution in [0.25, 0.3) is 0 Å². The van der Waals surface area contributed by atoms with Gasteiger partial charge in [0.2, 0.25) is 5.91 Å². The van der Waals surface area contributed by atoms with Crippen molar-refractivity contribution in [3.8, 4) is 0 Å². The number of amides is 1. The number of thioether (sulfide) groups is 1. The van der Waals surface area contributed by atoms with E-state index in [1.165, 1.54) is 11.8 Å². The summed E-state index contributed by atoms with van der Waals surface area (Å²) in [5, 5.41) is 8.99. The Kier molecular flexibility index (Phi) is 6.61. The van der Waals surface area contributed by atoms with E-state index in [-0.39, 0.29) is 11.9 Å². The van der Waals surface area contributed by atoms with Gasteiger partial charge in [0.1, 0.15) is 5.82 Å². The van der Waals surface area contributed by atoms with Crippen LogP contribution in [0, 0.1) is 6.92 Å². The third-order valence-electron chi connectivity index (χ3n) is 3.68. The van der Waals surface area contributed by atoms with Crippen LogP contribution >= 0.6 is 11.8 Å². The van der Waals surface area contributed by atoms with Gasteiger partial charge in [0, 0.05) is 19.1 Å². The minimum atomic E-state index is 0.102. The van der Waals surface area contributed by atoms with Crippen molar-refractivity contribution in [2.45, 2.75) is 45.1 Å². The molecule has 0 unspecified atom stereocenters. The fraction of sp³-hybridized carbons (Fsp3) is 0.389. The Morgan fingerprint density at radius 3 is 2.67 bits per heavy atom. The van der Waals surface area contributed by atoms with Gasteiger partial charge in [-0.15, -0.1) is 16.8 Å². The van der Waals surface area contributed by atoms with Crippen LogP contribution in [-0.4, -0.2) is 37.4 Å². The van der Waals surface area contributed by atoms with Crippen LogP contribution in [0.1, 0.15) is 25.2 Å². The average molecular weight is 344 g/mol. The van der Waals surface area contributed by atoms with Crippen molar-refractivity contribution in [1.29, 1.82) is 0 Å². The van der Waals surface area contributed by atoms with E-state index in [1.807, 2.05) is 60.6 Å². The van der Waals surface area contributed by atoms with Gasteiger partial charge in [-0.05, 0) is 26.3 Å². The third kappa shape index (κ3) is 4.71. The predicted molar refractivity (Wildman–Crippen MR) is 97.8 cm³/mol. The molecule has 0 aliphatic carbocycles. The van der Waals surface area contributed by atoms with E-state index in [1.54, 1.807) is 6.08 Å². The van der Waals surface area contributed by atoms with Gasteiger partial charge in [-0.25, -0.2) is 0 Å². The maximum absolute atomic E-state index is 12.7. The number of carbonyl (C=O) groups is 1. The van der Waals surface area contributed by atoms with Crippen molar-refractivity contribution < 1.29 is 4.79 Å². The van der Waals surface area contributed by atoms with Gasteiger partial charge in [-0.3, -0.25) is 4.79 Å². The Labute approximate surface area is 147 Å². The number of nitrogens with zero attached hydrogens (tertiary/aromatic N) is 4. The van der Waals surface area contributed by atoms with E-state index < -0.39 is 0 Å². The molecule has 0 N–H and O–H groups in total. The molecule has 0 atom stereocenters. The lowest BCUT2D eigenvalue weighted by molar-refractivity contribution is -0.130. The molecule has 1 heterocycles. The first-order valence-electron chi connectivity index (χ1n) is 7.99. The Hall–Kier alpha value is -2.08. The Morgan fingerprint density at radius 1 is 1.33 bits per heavy atom. The van der Waals surface area contributed by atoms with Crippen LogP contribution in [0.4, 0.5) is 0 Å². The summed E-state index contributed by atoms with van der Waals surface area (Å²) in [5.74, 6) is 1.28. The molecule has 0 spiro atoms. The average Bonchev–Trinajstić information content (AvgIpc) is 2.92. The maximum atomic E-state index is 12.7. The molecule has 2 aromatic rings. The van der Waals surface area contributed by atoms with Crippen molar-refractivity contribution >= 4 is 17.7 Å². The molecule has 1 aromatic carbocycles. The first-order chi connectivity index (χ1) is 11.5. The van der Waals surface area contributed by atoms with Gasteiger partial charge < -0.3 is 9.47 Å². The molecule has 0 fully saturated rings. The van der Waals surface area contributed by atoms with E-state index in [2.05, 4.69) is 16.8 Å². The Balaban J connectivity index is 2.02. The highest BCUT2D eigenvalue weighted by molar-refractivity contribution is 7.99. The molecule has 24 heavy (non-hydrogen) atoms. The van der Waals surface area contributed by atoms with E-state index >= 15 is 0 Å². The number of allylic oxidation sites excluding steroid dienone is 1. The van der Waals surface area contributed by atoms with Crippen LogP contribution < -0.4 is 0 Å². The minimum absolute atomic E-state index is 0.102. The summed E-state index contributed by atoms with van der Waals surface area (Å²) >= 11 is 1.42. The lowest BCUT2D eigenvalue weighted by Crippen LogP contribution is -2.37. The lowest BCUT2D eigenvalue weighted by Gasteiger charge is -2.26. The van der Waals surface area contributed by atoms with Crippen LogP contribution in [-0.2, 0) is 17.9 Å². The number of aromatic nitrogens is 3. The number of aryl methyl sites for hydroxylation is 1. The molecular weight excluding hydrogens is 320 g/mol. The molecule has 0 aliphatic rings. The predicted octanol–water partition coefficient (Wildman–Crippen LogP) is 3.30. The van der Waals surface area contributed by atoms with Crippen LogP contribution in [0.15, 0.2) is 48.1 Å². The zero-order valence-electron chi connectivity index (χ0n) is 14.5. The summed E-state index contributed by atoms with van der Waals surface area (Å²) < 4.78 is 1.96. The molecule has 5 nitrogen and oxygen atoms in total. The Bertz CT molecular complexity index is 682. The molecule has 0 saturated heterocycles. The zero-order chi connectivity index (χ0) is 17.5. The highest BCUT2D eigenvalue weighted by atomic mass is 32.2. The largest absolute Gasteiger partial charge is 0.335 e. The molecule has 0 radical (unpaired) electrons. The van der Waals surface area contributed by atoms with Gasteiger partial charge in [0.15, 0.2) is 5.16 Å². The molecule has 0 saturated carbocycles. The summed E-state index contributed by atoms with van der Waals surface area (Å²) in [5.41, 5.74) is 1.13. The van der Waals surface area contributed by atoms with Crippen LogP contribution in [0.5, 0.6) is 0 Å². The molecule has 1 aromatic heterocycles. The molecule has 128 valence electrons. The number of benzene rings is 1. The van der Waals surface area contributed by atoms with Crippen molar-refractivity contribution in [1.82, 2.24) is 19.7 Å². The highest BCUT2D eigenvalue weighted by Gasteiger charge is 2.19. The second kappa shape index (κ2) is 8.68. The molecule has 0 aliphatic heterocycles. The monoisotopic (exact) mass is 344 g/mol. The molecule has 2 rings (SSSR count). The van der Waals surface area contributed by atoms with Gasteiger partial charge in [-0.1, -0.05) is 48.2 Å². The fourth-order valence-electron chi connectivity index (χ4n) is 2.36. The standard InChI is InChI=1S/C18H24N4OS/c1-5-11-21-15(4)19-20-18(21)24-13-17(23)22(14(2)3)12-16-9-7-6-8-10-16/h5-10,14H,1,11-13H2,2-4H3. The van der Waals surface area contributed by atoms with E-state index in [0.29, 0.717) is 18.8 Å². The molecular formula is C18H24N4OS. The number of carbonyl (C=O) groups excluding carboxylic acids is 1. The lowest BCUT2D eigenvalue weighted by atomic mass is 10.2. The number of rotatable bonds is 8. The van der Waals surface area contributed by atoms with E-state index in [4.69, 9.17) is 0 Å². The van der Waals surface area contributed by atoms with Crippen molar-refractivity contribution in [2.75, 3.05) is 5.75 Å². The second-order valence-corrected chi connectivity index (χ2v) is 6.76. The quantitative estimate of drug-likeness (QED) is 0.545. The summed E-state index contributed by atoms with van der Waals surface area (Å²) in [7, 11) is 0. The topological polar surface area (TPSA) is 51.0 Å². The van der Waals surface area contributed by atoms with Crippen molar-refractivity contribution in [3.63, 3.8) is 0 Å². The van der Waals surface area contributed by atoms with Crippen molar-refractivity contribution in [2.24, 2.45) is 0 Å². The van der Waals surface area contributed by atoms with Gasteiger partial charge in [0.05, 0.1) is 5.75 Å².